The van der Waals surface area contributed by atoms with Crippen molar-refractivity contribution in [2.75, 3.05) is 6.54 Å². The summed E-state index contributed by atoms with van der Waals surface area (Å²) in [5.74, 6) is 5.67. The largest absolute Gasteiger partial charge is 0.314 e. The summed E-state index contributed by atoms with van der Waals surface area (Å²) in [6.45, 7) is 1.29. The predicted octanol–water partition coefficient (Wildman–Crippen LogP) is 3.59. The Balaban J connectivity index is 1.43. The third kappa shape index (κ3) is 1.95. The van der Waals surface area contributed by atoms with Crippen molar-refractivity contribution in [3.05, 3.63) is 0 Å². The van der Waals surface area contributed by atoms with E-state index >= 15 is 0 Å². The molecule has 4 aliphatic carbocycles. The Morgan fingerprint density at radius 3 is 2.12 bits per heavy atom. The van der Waals surface area contributed by atoms with Crippen molar-refractivity contribution >= 4 is 0 Å². The smallest absolute Gasteiger partial charge is 0.00699 e. The van der Waals surface area contributed by atoms with Crippen molar-refractivity contribution < 1.29 is 0 Å². The van der Waals surface area contributed by atoms with Gasteiger partial charge in [0, 0.05) is 6.04 Å². The number of nitrogens with one attached hydrogen (secondary N) is 1. The zero-order chi connectivity index (χ0) is 11.2. The van der Waals surface area contributed by atoms with Crippen LogP contribution in [0.25, 0.3) is 0 Å². The second-order valence-corrected chi connectivity index (χ2v) is 7.48. The van der Waals surface area contributed by atoms with E-state index in [0.29, 0.717) is 0 Å². The fourth-order valence-electron chi connectivity index (χ4n) is 5.88. The Morgan fingerprint density at radius 1 is 0.824 bits per heavy atom. The molecular formula is C16H27N. The minimum absolute atomic E-state index is 0.881. The Bertz CT molecular complexity index is 251. The summed E-state index contributed by atoms with van der Waals surface area (Å²) in [5, 5.41) is 3.78. The van der Waals surface area contributed by atoms with Crippen LogP contribution in [0.2, 0.25) is 0 Å². The lowest BCUT2D eigenvalue weighted by atomic mass is 9.51. The van der Waals surface area contributed by atoms with Gasteiger partial charge in [0.1, 0.15) is 0 Å². The molecule has 17 heavy (non-hydrogen) atoms. The standard InChI is InChI=1S/C16H27N/c1-2-4-17-15(3-1)10-16-13-6-11-5-12(8-13)9-14(16)7-11/h11-17H,1-10H2. The highest BCUT2D eigenvalue weighted by Crippen LogP contribution is 2.57. The van der Waals surface area contributed by atoms with Crippen LogP contribution < -0.4 is 5.32 Å². The van der Waals surface area contributed by atoms with Gasteiger partial charge in [0.2, 0.25) is 0 Å². The van der Waals surface area contributed by atoms with Crippen molar-refractivity contribution in [1.82, 2.24) is 5.32 Å². The van der Waals surface area contributed by atoms with E-state index in [1.165, 1.54) is 32.2 Å². The van der Waals surface area contributed by atoms with Crippen LogP contribution in [-0.4, -0.2) is 12.6 Å². The van der Waals surface area contributed by atoms with Crippen LogP contribution in [0.5, 0.6) is 0 Å². The molecule has 5 aliphatic rings. The third-order valence-corrected chi connectivity index (χ3v) is 6.39. The predicted molar refractivity (Wildman–Crippen MR) is 70.8 cm³/mol. The molecule has 4 bridgehead atoms. The van der Waals surface area contributed by atoms with Gasteiger partial charge in [0.25, 0.3) is 0 Å². The summed E-state index contributed by atoms with van der Waals surface area (Å²) in [6.07, 6.45) is 13.9. The zero-order valence-corrected chi connectivity index (χ0v) is 11.0. The molecule has 1 saturated heterocycles. The Kier molecular flexibility index (Phi) is 2.72. The fraction of sp³-hybridized carbons (Fsp3) is 1.00. The highest BCUT2D eigenvalue weighted by Gasteiger charge is 2.48. The summed E-state index contributed by atoms with van der Waals surface area (Å²) in [5.41, 5.74) is 0. The van der Waals surface area contributed by atoms with Gasteiger partial charge in [-0.05, 0) is 87.5 Å². The minimum Gasteiger partial charge on any atom is -0.314 e. The lowest BCUT2D eigenvalue weighted by Gasteiger charge is -2.55. The maximum Gasteiger partial charge on any atom is 0.00699 e. The van der Waals surface area contributed by atoms with Gasteiger partial charge in [-0.15, -0.1) is 0 Å². The van der Waals surface area contributed by atoms with E-state index in [4.69, 9.17) is 0 Å². The molecule has 0 radical (unpaired) electrons. The fourth-order valence-corrected chi connectivity index (χ4v) is 5.88. The van der Waals surface area contributed by atoms with Gasteiger partial charge in [-0.25, -0.2) is 0 Å². The molecule has 0 aromatic carbocycles. The van der Waals surface area contributed by atoms with E-state index < -0.39 is 0 Å². The lowest BCUT2D eigenvalue weighted by molar-refractivity contribution is -0.0441. The normalized spacial score (nSPS) is 52.9. The SMILES string of the molecule is C1CCC(CC2C3CC4CC(C3)CC2C4)NC1. The van der Waals surface area contributed by atoms with E-state index in [9.17, 15) is 0 Å². The van der Waals surface area contributed by atoms with Gasteiger partial charge < -0.3 is 5.32 Å². The molecule has 1 unspecified atom stereocenters. The molecule has 96 valence electrons. The van der Waals surface area contributed by atoms with Crippen molar-refractivity contribution in [3.63, 3.8) is 0 Å². The van der Waals surface area contributed by atoms with Crippen LogP contribution in [0, 0.1) is 29.6 Å². The number of hydrogen-bond acceptors (Lipinski definition) is 1. The molecule has 1 atom stereocenters. The number of rotatable bonds is 2. The van der Waals surface area contributed by atoms with Gasteiger partial charge in [0.15, 0.2) is 0 Å². The molecule has 0 spiro atoms. The van der Waals surface area contributed by atoms with Gasteiger partial charge >= 0.3 is 0 Å². The average molecular weight is 233 g/mol. The van der Waals surface area contributed by atoms with Gasteiger partial charge in [0.05, 0.1) is 0 Å². The van der Waals surface area contributed by atoms with Gasteiger partial charge in [-0.3, -0.25) is 0 Å². The first kappa shape index (κ1) is 10.8. The molecule has 0 aromatic rings. The van der Waals surface area contributed by atoms with Crippen LogP contribution in [0.15, 0.2) is 0 Å². The number of piperidine rings is 1. The Hall–Kier alpha value is -0.0400. The summed E-state index contributed by atoms with van der Waals surface area (Å²) < 4.78 is 0. The van der Waals surface area contributed by atoms with E-state index in [2.05, 4.69) is 5.32 Å². The average Bonchev–Trinajstić information content (AvgIpc) is 2.34. The summed E-state index contributed by atoms with van der Waals surface area (Å²) in [7, 11) is 0. The molecule has 1 N–H and O–H groups in total. The highest BCUT2D eigenvalue weighted by molar-refractivity contribution is 4.99. The first-order valence-corrected chi connectivity index (χ1v) is 8.12. The van der Waals surface area contributed by atoms with Crippen LogP contribution in [-0.2, 0) is 0 Å². The van der Waals surface area contributed by atoms with Crippen LogP contribution in [0.1, 0.15) is 57.8 Å². The van der Waals surface area contributed by atoms with Gasteiger partial charge in [-0.2, -0.15) is 0 Å². The molecular weight excluding hydrogens is 206 g/mol. The van der Waals surface area contributed by atoms with E-state index in [1.54, 1.807) is 32.1 Å². The monoisotopic (exact) mass is 233 g/mol. The summed E-state index contributed by atoms with van der Waals surface area (Å²) >= 11 is 0. The Morgan fingerprint density at radius 2 is 1.53 bits per heavy atom. The maximum atomic E-state index is 3.78. The zero-order valence-electron chi connectivity index (χ0n) is 11.0. The Labute approximate surface area is 106 Å². The lowest BCUT2D eigenvalue weighted by Crippen LogP contribution is -2.47. The second kappa shape index (κ2) is 4.26. The van der Waals surface area contributed by atoms with Crippen molar-refractivity contribution in [3.8, 4) is 0 Å². The molecule has 0 aromatic heterocycles. The van der Waals surface area contributed by atoms with E-state index in [0.717, 1.165) is 35.6 Å². The molecule has 5 rings (SSSR count). The molecule has 1 heterocycles. The van der Waals surface area contributed by atoms with Gasteiger partial charge in [-0.1, -0.05) is 6.42 Å². The van der Waals surface area contributed by atoms with Crippen molar-refractivity contribution in [2.24, 2.45) is 29.6 Å². The molecule has 5 fully saturated rings. The quantitative estimate of drug-likeness (QED) is 0.768. The minimum atomic E-state index is 0.881. The third-order valence-electron chi connectivity index (χ3n) is 6.39. The van der Waals surface area contributed by atoms with Crippen LogP contribution >= 0.6 is 0 Å². The molecule has 1 nitrogen and oxygen atoms in total. The van der Waals surface area contributed by atoms with Crippen LogP contribution in [0.4, 0.5) is 0 Å². The highest BCUT2D eigenvalue weighted by atomic mass is 14.9. The van der Waals surface area contributed by atoms with E-state index in [1.807, 2.05) is 0 Å². The van der Waals surface area contributed by atoms with Crippen LogP contribution in [0.3, 0.4) is 0 Å². The van der Waals surface area contributed by atoms with Crippen molar-refractivity contribution in [1.29, 1.82) is 0 Å². The van der Waals surface area contributed by atoms with E-state index in [-0.39, 0.29) is 0 Å². The molecule has 1 heteroatoms. The topological polar surface area (TPSA) is 12.0 Å². The summed E-state index contributed by atoms with van der Waals surface area (Å²) in [6, 6.07) is 0.881. The maximum absolute atomic E-state index is 3.78. The molecule has 1 aliphatic heterocycles. The van der Waals surface area contributed by atoms with Crippen molar-refractivity contribution in [2.45, 2.75) is 63.8 Å². The molecule has 0 amide bonds. The summed E-state index contributed by atoms with van der Waals surface area (Å²) in [4.78, 5) is 0. The first-order valence-electron chi connectivity index (χ1n) is 8.12. The molecule has 4 saturated carbocycles. The first-order chi connectivity index (χ1) is 8.38. The number of hydrogen-bond donors (Lipinski definition) is 1. The second-order valence-electron chi connectivity index (χ2n) is 7.48.